The van der Waals surface area contributed by atoms with Crippen molar-refractivity contribution in [2.75, 3.05) is 6.54 Å². The van der Waals surface area contributed by atoms with Crippen molar-refractivity contribution in [1.29, 1.82) is 0 Å². The van der Waals surface area contributed by atoms with Crippen molar-refractivity contribution in [3.05, 3.63) is 69.3 Å². The molecule has 6 heteroatoms. The quantitative estimate of drug-likeness (QED) is 0.538. The number of hydrogen-bond acceptors (Lipinski definition) is 3. The monoisotopic (exact) mass is 428 g/mol. The minimum Gasteiger partial charge on any atom is -0.488 e. The molecule has 0 aliphatic carbocycles. The maximum absolute atomic E-state index is 12.4. The third-order valence-electron chi connectivity index (χ3n) is 4.16. The van der Waals surface area contributed by atoms with Gasteiger partial charge in [0.05, 0.1) is 0 Å². The molecule has 0 radical (unpaired) electrons. The number of nitrogens with zero attached hydrogens (tertiary/aromatic N) is 1. The summed E-state index contributed by atoms with van der Waals surface area (Å²) >= 11 is 3.45. The van der Waals surface area contributed by atoms with E-state index in [-0.39, 0.29) is 17.6 Å². The molecule has 140 valence electrons. The number of benzene rings is 2. The highest BCUT2D eigenvalue weighted by atomic mass is 79.9. The molecule has 3 rings (SSSR count). The standard InChI is InChI=1S/C21H21BrN2O3/c1-3-9-24-20(25)18(23-21(24)26)12-16-11-17(22)7-8-19(16)27-13-15-6-4-5-14(2)10-15/h4-8,10-12H,3,9,13H2,1-2H3,(H,23,26)/b18-12+. The number of hydrogen-bond donors (Lipinski definition) is 1. The van der Waals surface area contributed by atoms with E-state index in [9.17, 15) is 9.59 Å². The highest BCUT2D eigenvalue weighted by Gasteiger charge is 2.32. The molecule has 0 bridgehead atoms. The van der Waals surface area contributed by atoms with Crippen LogP contribution in [0.3, 0.4) is 0 Å². The molecule has 1 aliphatic rings. The highest BCUT2D eigenvalue weighted by molar-refractivity contribution is 9.10. The lowest BCUT2D eigenvalue weighted by atomic mass is 10.1. The maximum atomic E-state index is 12.4. The van der Waals surface area contributed by atoms with Crippen LogP contribution in [0.4, 0.5) is 4.79 Å². The van der Waals surface area contributed by atoms with Gasteiger partial charge in [-0.3, -0.25) is 9.69 Å². The Balaban J connectivity index is 1.84. The molecule has 0 unspecified atom stereocenters. The third-order valence-corrected chi connectivity index (χ3v) is 4.65. The Morgan fingerprint density at radius 1 is 1.19 bits per heavy atom. The average molecular weight is 429 g/mol. The van der Waals surface area contributed by atoms with Gasteiger partial charge in [-0.05, 0) is 43.2 Å². The summed E-state index contributed by atoms with van der Waals surface area (Å²) in [6, 6.07) is 13.3. The predicted octanol–water partition coefficient (Wildman–Crippen LogP) is 4.64. The second-order valence-corrected chi connectivity index (χ2v) is 7.32. The van der Waals surface area contributed by atoms with Gasteiger partial charge in [0.15, 0.2) is 0 Å². The fourth-order valence-electron chi connectivity index (χ4n) is 2.88. The lowest BCUT2D eigenvalue weighted by molar-refractivity contribution is -0.122. The fourth-order valence-corrected chi connectivity index (χ4v) is 3.26. The van der Waals surface area contributed by atoms with Crippen molar-refractivity contribution in [2.45, 2.75) is 26.9 Å². The summed E-state index contributed by atoms with van der Waals surface area (Å²) < 4.78 is 6.84. The molecule has 0 atom stereocenters. The average Bonchev–Trinajstić information content (AvgIpc) is 2.89. The summed E-state index contributed by atoms with van der Waals surface area (Å²) in [5.41, 5.74) is 3.21. The van der Waals surface area contributed by atoms with E-state index in [1.807, 2.05) is 50.2 Å². The minimum absolute atomic E-state index is 0.256. The van der Waals surface area contributed by atoms with Crippen molar-refractivity contribution >= 4 is 33.9 Å². The largest absolute Gasteiger partial charge is 0.488 e. The molecule has 0 spiro atoms. The van der Waals surface area contributed by atoms with E-state index in [1.165, 1.54) is 10.5 Å². The molecule has 3 amide bonds. The van der Waals surface area contributed by atoms with Crippen LogP contribution in [-0.2, 0) is 11.4 Å². The molecule has 27 heavy (non-hydrogen) atoms. The van der Waals surface area contributed by atoms with Gasteiger partial charge in [0.25, 0.3) is 5.91 Å². The highest BCUT2D eigenvalue weighted by Crippen LogP contribution is 2.27. The molecule has 1 heterocycles. The zero-order chi connectivity index (χ0) is 19.4. The van der Waals surface area contributed by atoms with E-state index in [4.69, 9.17) is 4.74 Å². The Labute approximate surface area is 167 Å². The molecule has 1 fully saturated rings. The number of carbonyl (C=O) groups excluding carboxylic acids is 2. The second kappa shape index (κ2) is 8.39. The van der Waals surface area contributed by atoms with Gasteiger partial charge in [0, 0.05) is 16.6 Å². The van der Waals surface area contributed by atoms with Gasteiger partial charge in [-0.2, -0.15) is 0 Å². The number of aryl methyl sites for hydroxylation is 1. The lowest BCUT2D eigenvalue weighted by Crippen LogP contribution is -2.31. The van der Waals surface area contributed by atoms with Gasteiger partial charge < -0.3 is 10.1 Å². The Morgan fingerprint density at radius 2 is 2.00 bits per heavy atom. The van der Waals surface area contributed by atoms with Gasteiger partial charge in [0.1, 0.15) is 18.1 Å². The van der Waals surface area contributed by atoms with Crippen LogP contribution in [-0.4, -0.2) is 23.4 Å². The van der Waals surface area contributed by atoms with Crippen LogP contribution in [0.1, 0.15) is 30.0 Å². The zero-order valence-electron chi connectivity index (χ0n) is 15.3. The Hall–Kier alpha value is -2.60. The molecule has 1 saturated heterocycles. The number of carbonyl (C=O) groups is 2. The summed E-state index contributed by atoms with van der Waals surface area (Å²) in [7, 11) is 0. The van der Waals surface area contributed by atoms with Gasteiger partial charge in [-0.1, -0.05) is 52.7 Å². The SMILES string of the molecule is CCCN1C(=O)N/C(=C/c2cc(Br)ccc2OCc2cccc(C)c2)C1=O. The third kappa shape index (κ3) is 4.57. The van der Waals surface area contributed by atoms with Crippen LogP contribution in [0.25, 0.3) is 6.08 Å². The smallest absolute Gasteiger partial charge is 0.329 e. The first kappa shape index (κ1) is 19.2. The van der Waals surface area contributed by atoms with Crippen LogP contribution in [0, 0.1) is 6.92 Å². The van der Waals surface area contributed by atoms with Crippen molar-refractivity contribution in [3.8, 4) is 5.75 Å². The number of imide groups is 1. The number of nitrogens with one attached hydrogen (secondary N) is 1. The lowest BCUT2D eigenvalue weighted by Gasteiger charge is -2.11. The molecular weight excluding hydrogens is 408 g/mol. The topological polar surface area (TPSA) is 58.6 Å². The Kier molecular flexibility index (Phi) is 5.96. The first-order valence-electron chi connectivity index (χ1n) is 8.80. The molecule has 0 saturated carbocycles. The van der Waals surface area contributed by atoms with Crippen LogP contribution in [0.2, 0.25) is 0 Å². The molecule has 1 N–H and O–H groups in total. The van der Waals surface area contributed by atoms with E-state index in [0.717, 1.165) is 15.6 Å². The summed E-state index contributed by atoms with van der Waals surface area (Å²) in [5, 5.41) is 2.64. The number of amides is 3. The van der Waals surface area contributed by atoms with Crippen LogP contribution < -0.4 is 10.1 Å². The van der Waals surface area contributed by atoms with Crippen LogP contribution >= 0.6 is 15.9 Å². The second-order valence-electron chi connectivity index (χ2n) is 6.40. The molecular formula is C21H21BrN2O3. The van der Waals surface area contributed by atoms with Gasteiger partial charge in [0.2, 0.25) is 0 Å². The summed E-state index contributed by atoms with van der Waals surface area (Å²) in [4.78, 5) is 25.6. The van der Waals surface area contributed by atoms with Crippen LogP contribution in [0.15, 0.2) is 52.6 Å². The van der Waals surface area contributed by atoms with E-state index < -0.39 is 0 Å². The van der Waals surface area contributed by atoms with Crippen molar-refractivity contribution in [2.24, 2.45) is 0 Å². The Morgan fingerprint density at radius 3 is 2.74 bits per heavy atom. The van der Waals surface area contributed by atoms with Gasteiger partial charge in [-0.25, -0.2) is 4.79 Å². The van der Waals surface area contributed by atoms with E-state index in [2.05, 4.69) is 27.3 Å². The van der Waals surface area contributed by atoms with Crippen LogP contribution in [0.5, 0.6) is 5.75 Å². The zero-order valence-corrected chi connectivity index (χ0v) is 16.9. The summed E-state index contributed by atoms with van der Waals surface area (Å²) in [6.45, 7) is 4.78. The normalized spacial score (nSPS) is 15.4. The van der Waals surface area contributed by atoms with Gasteiger partial charge >= 0.3 is 6.03 Å². The summed E-state index contributed by atoms with van der Waals surface area (Å²) in [6.07, 6.45) is 2.38. The van der Waals surface area contributed by atoms with Crippen molar-refractivity contribution in [1.82, 2.24) is 10.2 Å². The van der Waals surface area contributed by atoms with Gasteiger partial charge in [-0.15, -0.1) is 0 Å². The first-order chi connectivity index (χ1) is 13.0. The summed E-state index contributed by atoms with van der Waals surface area (Å²) in [5.74, 6) is 0.328. The predicted molar refractivity (Wildman–Crippen MR) is 108 cm³/mol. The minimum atomic E-state index is -0.384. The van der Waals surface area contributed by atoms with E-state index >= 15 is 0 Å². The molecule has 1 aliphatic heterocycles. The fraction of sp³-hybridized carbons (Fsp3) is 0.238. The first-order valence-corrected chi connectivity index (χ1v) is 9.59. The Bertz CT molecular complexity index is 908. The maximum Gasteiger partial charge on any atom is 0.329 e. The number of urea groups is 1. The number of rotatable bonds is 6. The van der Waals surface area contributed by atoms with Crippen molar-refractivity contribution in [3.63, 3.8) is 0 Å². The number of ether oxygens (including phenoxy) is 1. The van der Waals surface area contributed by atoms with E-state index in [1.54, 1.807) is 6.08 Å². The van der Waals surface area contributed by atoms with Crippen molar-refractivity contribution < 1.29 is 14.3 Å². The molecule has 0 aromatic heterocycles. The molecule has 5 nitrogen and oxygen atoms in total. The molecule has 2 aromatic carbocycles. The number of halogens is 1. The molecule has 2 aromatic rings. The van der Waals surface area contributed by atoms with E-state index in [0.29, 0.717) is 25.3 Å².